The first-order valence-electron chi connectivity index (χ1n) is 9.26. The van der Waals surface area contributed by atoms with Crippen LogP contribution in [0.5, 0.6) is 5.75 Å². The number of aryl methyl sites for hydroxylation is 1. The van der Waals surface area contributed by atoms with Crippen molar-refractivity contribution in [1.82, 2.24) is 10.2 Å². The fourth-order valence-electron chi connectivity index (χ4n) is 2.56. The molecule has 0 radical (unpaired) electrons. The highest BCUT2D eigenvalue weighted by Crippen LogP contribution is 2.23. The summed E-state index contributed by atoms with van der Waals surface area (Å²) in [7, 11) is 0. The molecule has 1 atom stereocenters. The average molecular weight is 394 g/mol. The maximum absolute atomic E-state index is 12.0. The number of hydrogen-bond acceptors (Lipinski definition) is 7. The third kappa shape index (κ3) is 5.51. The number of ketones is 1. The molecule has 7 nitrogen and oxygen atoms in total. The Hall–Kier alpha value is -3.48. The number of ether oxygens (including phenoxy) is 2. The van der Waals surface area contributed by atoms with Gasteiger partial charge in [-0.3, -0.25) is 9.59 Å². The van der Waals surface area contributed by atoms with Crippen molar-refractivity contribution in [2.24, 2.45) is 0 Å². The average Bonchev–Trinajstić information content (AvgIpc) is 3.19. The highest BCUT2D eigenvalue weighted by atomic mass is 16.6. The first-order valence-corrected chi connectivity index (χ1v) is 9.26. The Labute approximate surface area is 168 Å². The van der Waals surface area contributed by atoms with Gasteiger partial charge in [-0.15, -0.1) is 10.2 Å². The lowest BCUT2D eigenvalue weighted by Crippen LogP contribution is -2.12. The third-order valence-corrected chi connectivity index (χ3v) is 4.23. The van der Waals surface area contributed by atoms with Crippen molar-refractivity contribution in [3.8, 4) is 17.2 Å². The molecular formula is C22H22N2O5. The molecule has 29 heavy (non-hydrogen) atoms. The molecule has 2 aromatic carbocycles. The minimum absolute atomic E-state index is 0.0133. The molecular weight excluding hydrogens is 372 g/mol. The summed E-state index contributed by atoms with van der Waals surface area (Å²) in [5.74, 6) is 0.735. The van der Waals surface area contributed by atoms with Gasteiger partial charge in [-0.25, -0.2) is 0 Å². The Balaban J connectivity index is 1.48. The first kappa shape index (κ1) is 20.3. The summed E-state index contributed by atoms with van der Waals surface area (Å²) in [5, 5.41) is 7.97. The van der Waals surface area contributed by atoms with Crippen LogP contribution in [-0.2, 0) is 9.53 Å². The van der Waals surface area contributed by atoms with Crippen LogP contribution < -0.4 is 4.74 Å². The van der Waals surface area contributed by atoms with Crippen LogP contribution in [0.1, 0.15) is 48.2 Å². The van der Waals surface area contributed by atoms with Crippen LogP contribution in [0.15, 0.2) is 52.9 Å². The normalized spacial score (nSPS) is 11.7. The van der Waals surface area contributed by atoms with E-state index in [9.17, 15) is 9.59 Å². The van der Waals surface area contributed by atoms with Crippen molar-refractivity contribution in [3.63, 3.8) is 0 Å². The lowest BCUT2D eigenvalue weighted by atomic mass is 10.1. The molecule has 0 bridgehead atoms. The van der Waals surface area contributed by atoms with Crippen LogP contribution in [-0.4, -0.2) is 28.6 Å². The minimum atomic E-state index is -0.663. The molecule has 7 heteroatoms. The van der Waals surface area contributed by atoms with Gasteiger partial charge in [-0.05, 0) is 57.2 Å². The topological polar surface area (TPSA) is 91.5 Å². The van der Waals surface area contributed by atoms with Gasteiger partial charge in [-0.1, -0.05) is 17.7 Å². The summed E-state index contributed by atoms with van der Waals surface area (Å²) in [6.45, 7) is 5.32. The van der Waals surface area contributed by atoms with E-state index < -0.39 is 12.1 Å². The van der Waals surface area contributed by atoms with E-state index in [0.29, 0.717) is 17.2 Å². The highest BCUT2D eigenvalue weighted by Gasteiger charge is 2.19. The van der Waals surface area contributed by atoms with Gasteiger partial charge in [0.25, 0.3) is 5.89 Å². The fourth-order valence-corrected chi connectivity index (χ4v) is 2.56. The zero-order chi connectivity index (χ0) is 20.8. The molecule has 3 rings (SSSR count). The lowest BCUT2D eigenvalue weighted by Gasteiger charge is -2.10. The lowest BCUT2D eigenvalue weighted by molar-refractivity contribution is -0.150. The molecule has 0 aliphatic heterocycles. The molecule has 0 fully saturated rings. The van der Waals surface area contributed by atoms with Crippen LogP contribution in [0.4, 0.5) is 0 Å². The molecule has 0 aliphatic rings. The zero-order valence-electron chi connectivity index (χ0n) is 16.5. The number of carbonyl (C=O) groups excluding carboxylic acids is 2. The number of benzene rings is 2. The second-order valence-electron chi connectivity index (χ2n) is 6.62. The molecule has 0 aliphatic carbocycles. The second kappa shape index (κ2) is 9.14. The summed E-state index contributed by atoms with van der Waals surface area (Å²) in [5.41, 5.74) is 2.54. The Morgan fingerprint density at radius 2 is 1.72 bits per heavy atom. The molecule has 1 heterocycles. The Kier molecular flexibility index (Phi) is 6.39. The quantitative estimate of drug-likeness (QED) is 0.415. The van der Waals surface area contributed by atoms with E-state index in [1.165, 1.54) is 6.92 Å². The van der Waals surface area contributed by atoms with Crippen LogP contribution >= 0.6 is 0 Å². The summed E-state index contributed by atoms with van der Waals surface area (Å²) in [6, 6.07) is 14.4. The van der Waals surface area contributed by atoms with Gasteiger partial charge in [0, 0.05) is 11.1 Å². The largest absolute Gasteiger partial charge is 0.493 e. The van der Waals surface area contributed by atoms with E-state index in [4.69, 9.17) is 13.9 Å². The van der Waals surface area contributed by atoms with Crippen molar-refractivity contribution in [1.29, 1.82) is 0 Å². The monoisotopic (exact) mass is 394 g/mol. The summed E-state index contributed by atoms with van der Waals surface area (Å²) < 4.78 is 16.5. The third-order valence-electron chi connectivity index (χ3n) is 4.23. The van der Waals surface area contributed by atoms with Crippen molar-refractivity contribution >= 4 is 11.8 Å². The van der Waals surface area contributed by atoms with E-state index >= 15 is 0 Å². The van der Waals surface area contributed by atoms with E-state index in [0.717, 1.165) is 11.1 Å². The van der Waals surface area contributed by atoms with Gasteiger partial charge in [0.05, 0.1) is 13.0 Å². The number of hydrogen-bond donors (Lipinski definition) is 0. The number of rotatable bonds is 8. The molecule has 0 N–H and O–H groups in total. The summed E-state index contributed by atoms with van der Waals surface area (Å²) in [4.78, 5) is 23.3. The van der Waals surface area contributed by atoms with Crippen molar-refractivity contribution in [2.75, 3.05) is 6.61 Å². The van der Waals surface area contributed by atoms with E-state index in [1.54, 1.807) is 31.2 Å². The van der Waals surface area contributed by atoms with Gasteiger partial charge in [0.1, 0.15) is 5.75 Å². The molecule has 0 amide bonds. The molecule has 0 saturated carbocycles. The fraction of sp³-hybridized carbons (Fsp3) is 0.273. The predicted molar refractivity (Wildman–Crippen MR) is 106 cm³/mol. The molecule has 0 spiro atoms. The standard InChI is InChI=1S/C22H22N2O5/c1-14-4-6-18(7-5-14)22-24-23-21(29-22)16(3)28-20(26)12-13-27-19-10-8-17(9-11-19)15(2)25/h4-11,16H,12-13H2,1-3H3. The molecule has 0 saturated heterocycles. The minimum Gasteiger partial charge on any atom is -0.493 e. The van der Waals surface area contributed by atoms with Crippen molar-refractivity contribution < 1.29 is 23.5 Å². The molecule has 3 aromatic rings. The number of Topliss-reactive ketones (excluding diaryl/α,β-unsaturated/α-hetero) is 1. The van der Waals surface area contributed by atoms with E-state index in [-0.39, 0.29) is 24.7 Å². The summed E-state index contributed by atoms with van der Waals surface area (Å²) in [6.07, 6.45) is -0.596. The Morgan fingerprint density at radius 3 is 2.38 bits per heavy atom. The smallest absolute Gasteiger partial charge is 0.310 e. The molecule has 1 aromatic heterocycles. The number of carbonyl (C=O) groups is 2. The van der Waals surface area contributed by atoms with Gasteiger partial charge in [0.2, 0.25) is 5.89 Å². The SMILES string of the molecule is CC(=O)c1ccc(OCCC(=O)OC(C)c2nnc(-c3ccc(C)cc3)o2)cc1. The van der Waals surface area contributed by atoms with Crippen LogP contribution in [0, 0.1) is 6.92 Å². The van der Waals surface area contributed by atoms with E-state index in [1.807, 2.05) is 31.2 Å². The number of aromatic nitrogens is 2. The maximum Gasteiger partial charge on any atom is 0.310 e. The zero-order valence-corrected chi connectivity index (χ0v) is 16.5. The van der Waals surface area contributed by atoms with Crippen LogP contribution in [0.25, 0.3) is 11.5 Å². The second-order valence-corrected chi connectivity index (χ2v) is 6.62. The van der Waals surface area contributed by atoms with Crippen LogP contribution in [0.2, 0.25) is 0 Å². The van der Waals surface area contributed by atoms with Crippen molar-refractivity contribution in [3.05, 3.63) is 65.5 Å². The van der Waals surface area contributed by atoms with Gasteiger partial charge in [0.15, 0.2) is 11.9 Å². The van der Waals surface area contributed by atoms with E-state index in [2.05, 4.69) is 10.2 Å². The Morgan fingerprint density at radius 1 is 1.03 bits per heavy atom. The highest BCUT2D eigenvalue weighted by molar-refractivity contribution is 5.94. The summed E-state index contributed by atoms with van der Waals surface area (Å²) >= 11 is 0. The van der Waals surface area contributed by atoms with Gasteiger partial charge >= 0.3 is 5.97 Å². The van der Waals surface area contributed by atoms with Crippen molar-refractivity contribution in [2.45, 2.75) is 33.3 Å². The van der Waals surface area contributed by atoms with Crippen LogP contribution in [0.3, 0.4) is 0 Å². The van der Waals surface area contributed by atoms with Gasteiger partial charge in [-0.2, -0.15) is 0 Å². The van der Waals surface area contributed by atoms with Gasteiger partial charge < -0.3 is 13.9 Å². The first-order chi connectivity index (χ1) is 13.9. The number of esters is 1. The number of nitrogens with zero attached hydrogens (tertiary/aromatic N) is 2. The molecule has 150 valence electrons. The maximum atomic E-state index is 12.0. The Bertz CT molecular complexity index is 977. The molecule has 1 unspecified atom stereocenters. The predicted octanol–water partition coefficient (Wildman–Crippen LogP) is 4.32.